The van der Waals surface area contributed by atoms with E-state index in [1.54, 1.807) is 13.0 Å². The Kier molecular flexibility index (Phi) is 10.2. The van der Waals surface area contributed by atoms with Gasteiger partial charge in [0.05, 0.1) is 24.2 Å². The van der Waals surface area contributed by atoms with E-state index in [2.05, 4.69) is 38.3 Å². The number of nitrogens with one attached hydrogen (secondary N) is 1. The first kappa shape index (κ1) is 30.5. The summed E-state index contributed by atoms with van der Waals surface area (Å²) in [6, 6.07) is 14.0. The number of nitrogens with zero attached hydrogens (tertiary/aromatic N) is 2. The Labute approximate surface area is 250 Å². The normalized spacial score (nSPS) is 27.1. The van der Waals surface area contributed by atoms with Crippen molar-refractivity contribution in [3.05, 3.63) is 59.2 Å². The average molecular weight is 596 g/mol. The third-order valence-electron chi connectivity index (χ3n) is 9.07. The lowest BCUT2D eigenvalue weighted by atomic mass is 9.69. The van der Waals surface area contributed by atoms with Crippen molar-refractivity contribution in [1.82, 2.24) is 4.72 Å². The van der Waals surface area contributed by atoms with E-state index in [4.69, 9.17) is 9.47 Å². The van der Waals surface area contributed by atoms with Crippen molar-refractivity contribution in [2.24, 2.45) is 16.2 Å². The number of amides is 2. The largest absolute Gasteiger partial charge is 0.491 e. The van der Waals surface area contributed by atoms with Crippen molar-refractivity contribution < 1.29 is 23.3 Å². The van der Waals surface area contributed by atoms with Crippen LogP contribution >= 0.6 is 0 Å². The number of methoxy groups -OCH3 is 1. The van der Waals surface area contributed by atoms with E-state index in [9.17, 15) is 13.8 Å². The zero-order valence-electron chi connectivity index (χ0n) is 25.0. The zero-order chi connectivity index (χ0) is 29.5. The molecule has 0 unspecified atom stereocenters. The van der Waals surface area contributed by atoms with Crippen molar-refractivity contribution in [3.8, 4) is 5.75 Å². The molecule has 1 fully saturated rings. The maximum absolute atomic E-state index is 13.8. The first-order chi connectivity index (χ1) is 20.4. The highest BCUT2D eigenvalue weighted by Crippen LogP contribution is 2.42. The van der Waals surface area contributed by atoms with E-state index in [-0.39, 0.29) is 24.2 Å². The lowest BCUT2D eigenvalue weighted by molar-refractivity contribution is -0.118. The van der Waals surface area contributed by atoms with Crippen LogP contribution in [0.2, 0.25) is 0 Å². The van der Waals surface area contributed by atoms with Crippen LogP contribution in [0.5, 0.6) is 5.75 Å². The summed E-state index contributed by atoms with van der Waals surface area (Å²) in [6.45, 7) is 3.82. The number of carbonyl (C=O) groups is 2. The van der Waals surface area contributed by atoms with Gasteiger partial charge in [0.2, 0.25) is 5.91 Å². The summed E-state index contributed by atoms with van der Waals surface area (Å²) in [5, 5.41) is 0. The fraction of sp³-hybridized carbons (Fsp3) is 0.576. The number of fused-ring (bicyclic) bond motifs is 3. The molecule has 0 radical (unpaired) electrons. The van der Waals surface area contributed by atoms with E-state index in [0.717, 1.165) is 69.3 Å². The van der Waals surface area contributed by atoms with Gasteiger partial charge in [-0.25, -0.2) is 4.21 Å². The van der Waals surface area contributed by atoms with Crippen LogP contribution in [0.25, 0.3) is 0 Å². The van der Waals surface area contributed by atoms with Crippen LogP contribution in [-0.2, 0) is 32.4 Å². The lowest BCUT2D eigenvalue weighted by Gasteiger charge is -2.44. The van der Waals surface area contributed by atoms with Crippen LogP contribution in [0.15, 0.2) is 46.8 Å². The Morgan fingerprint density at radius 2 is 1.90 bits per heavy atom. The van der Waals surface area contributed by atoms with Crippen molar-refractivity contribution in [3.63, 3.8) is 0 Å². The zero-order valence-corrected chi connectivity index (χ0v) is 25.8. The average Bonchev–Trinajstić information content (AvgIpc) is 3.00. The van der Waals surface area contributed by atoms with E-state index >= 15 is 0 Å². The maximum atomic E-state index is 13.8. The summed E-state index contributed by atoms with van der Waals surface area (Å²) in [5.74, 6) is 0.869. The van der Waals surface area contributed by atoms with Crippen LogP contribution in [-0.4, -0.2) is 48.1 Å². The predicted molar refractivity (Wildman–Crippen MR) is 166 cm³/mol. The molecule has 228 valence electrons. The standard InChI is InChI=1S/C33H45N3O5S/c1-3-32(37)34-42(39)20-10-4-5-14-30(40-2)28-17-15-27(28)23-36-22-26-13-7-6-11-24(26)12-8-9-19-41-31-18-16-25(21-29(31)36)33(38)35-42/h6-7,11,13,16,18,21,27-28,30H,3-5,8-10,12,14-15,17,19-20,22-23H2,1-2H3,(H,34,35,37,38,39)/t27-,28+,30-,42+/m0/s1. The minimum Gasteiger partial charge on any atom is -0.491 e. The van der Waals surface area contributed by atoms with Gasteiger partial charge in [0, 0.05) is 32.2 Å². The number of rotatable bonds is 3. The van der Waals surface area contributed by atoms with Crippen LogP contribution in [0.3, 0.4) is 0 Å². The molecule has 0 spiro atoms. The van der Waals surface area contributed by atoms with E-state index in [0.29, 0.717) is 37.0 Å². The van der Waals surface area contributed by atoms with Crippen molar-refractivity contribution in [2.75, 3.05) is 30.9 Å². The van der Waals surface area contributed by atoms with Crippen LogP contribution in [0.1, 0.15) is 86.2 Å². The van der Waals surface area contributed by atoms with Crippen LogP contribution in [0.4, 0.5) is 5.69 Å². The Balaban J connectivity index is 1.60. The van der Waals surface area contributed by atoms with E-state index < -0.39 is 15.8 Å². The van der Waals surface area contributed by atoms with Crippen molar-refractivity contribution in [2.45, 2.75) is 83.8 Å². The van der Waals surface area contributed by atoms with Crippen LogP contribution in [0, 0.1) is 11.8 Å². The Hall–Kier alpha value is -2.91. The molecule has 9 heteroatoms. The molecule has 4 atom stereocenters. The van der Waals surface area contributed by atoms with E-state index in [1.165, 1.54) is 11.1 Å². The molecule has 2 heterocycles. The van der Waals surface area contributed by atoms with Gasteiger partial charge in [-0.1, -0.05) is 44.0 Å². The molecule has 0 saturated heterocycles. The summed E-state index contributed by atoms with van der Waals surface area (Å²) >= 11 is 0. The Morgan fingerprint density at radius 3 is 2.67 bits per heavy atom. The SMILES string of the molecule is CCC(=O)N[S@@]1(=O)=NC(=O)c2ccc3c(c2)N(Cc2ccccc2CCCCO3)C[C@@H]2CC[C@H]2[C@@H](OC)CCCCC1. The van der Waals surface area contributed by atoms with Gasteiger partial charge in [-0.15, -0.1) is 4.36 Å². The summed E-state index contributed by atoms with van der Waals surface area (Å²) in [6.07, 6.45) is 8.91. The fourth-order valence-corrected chi connectivity index (χ4v) is 8.21. The van der Waals surface area contributed by atoms with Gasteiger partial charge >= 0.3 is 0 Å². The minimum atomic E-state index is -3.26. The second-order valence-corrected chi connectivity index (χ2v) is 14.0. The molecule has 1 N–H and O–H groups in total. The van der Waals surface area contributed by atoms with Gasteiger partial charge in [0.25, 0.3) is 5.91 Å². The van der Waals surface area contributed by atoms with Gasteiger partial charge in [-0.3, -0.25) is 14.3 Å². The number of benzene rings is 2. The molecule has 2 aliphatic heterocycles. The van der Waals surface area contributed by atoms with Crippen molar-refractivity contribution in [1.29, 1.82) is 0 Å². The molecular formula is C33H45N3O5S. The molecule has 42 heavy (non-hydrogen) atoms. The first-order valence-electron chi connectivity index (χ1n) is 15.6. The smallest absolute Gasteiger partial charge is 0.286 e. The van der Waals surface area contributed by atoms with Crippen LogP contribution < -0.4 is 14.4 Å². The van der Waals surface area contributed by atoms with Gasteiger partial charge in [0.15, 0.2) is 0 Å². The molecule has 2 aromatic carbocycles. The number of hydrogen-bond acceptors (Lipinski definition) is 6. The van der Waals surface area contributed by atoms with Gasteiger partial charge < -0.3 is 14.4 Å². The Bertz CT molecular complexity index is 1390. The second-order valence-electron chi connectivity index (χ2n) is 11.9. The van der Waals surface area contributed by atoms with Gasteiger partial charge in [0.1, 0.15) is 15.7 Å². The number of anilines is 1. The molecule has 2 aromatic rings. The number of carbonyl (C=O) groups excluding carboxylic acids is 2. The second kappa shape index (κ2) is 14.0. The lowest BCUT2D eigenvalue weighted by Crippen LogP contribution is -2.44. The molecule has 3 aliphatic rings. The monoisotopic (exact) mass is 595 g/mol. The van der Waals surface area contributed by atoms with Gasteiger partial charge in [-0.05, 0) is 86.1 Å². The van der Waals surface area contributed by atoms with Gasteiger partial charge in [-0.2, -0.15) is 0 Å². The highest BCUT2D eigenvalue weighted by Gasteiger charge is 2.38. The summed E-state index contributed by atoms with van der Waals surface area (Å²) in [7, 11) is -1.44. The minimum absolute atomic E-state index is 0.144. The molecule has 1 saturated carbocycles. The third kappa shape index (κ3) is 7.35. The molecule has 2 amide bonds. The predicted octanol–water partition coefficient (Wildman–Crippen LogP) is 6.07. The Morgan fingerprint density at radius 1 is 1.07 bits per heavy atom. The molecule has 0 aromatic heterocycles. The molecule has 2 bridgehead atoms. The maximum Gasteiger partial charge on any atom is 0.286 e. The third-order valence-corrected chi connectivity index (χ3v) is 10.9. The van der Waals surface area contributed by atoms with Crippen molar-refractivity contribution >= 4 is 27.4 Å². The summed E-state index contributed by atoms with van der Waals surface area (Å²) in [4.78, 5) is 28.2. The molecule has 5 rings (SSSR count). The quantitative estimate of drug-likeness (QED) is 0.463. The van der Waals surface area contributed by atoms with E-state index in [1.807, 2.05) is 19.2 Å². The molecule has 1 aliphatic carbocycles. The molecule has 8 nitrogen and oxygen atoms in total. The highest BCUT2D eigenvalue weighted by molar-refractivity contribution is 7.92. The fourth-order valence-electron chi connectivity index (χ4n) is 6.51. The summed E-state index contributed by atoms with van der Waals surface area (Å²) < 4.78 is 32.9. The topological polar surface area (TPSA) is 97.3 Å². The number of hydrogen-bond donors (Lipinski definition) is 1. The molecular weight excluding hydrogens is 550 g/mol. The number of ether oxygens (including phenoxy) is 2. The number of aryl methyl sites for hydroxylation is 1. The first-order valence-corrected chi connectivity index (χ1v) is 17.3. The highest BCUT2D eigenvalue weighted by atomic mass is 32.2. The summed E-state index contributed by atoms with van der Waals surface area (Å²) in [5.41, 5.74) is 3.83.